The Bertz CT molecular complexity index is 1030. The Morgan fingerprint density at radius 3 is 2.50 bits per heavy atom. The molecule has 3 aromatic carbocycles. The number of aromatic carboxylic acids is 1. The molecule has 3 aromatic rings. The highest BCUT2D eigenvalue weighted by Gasteiger charge is 2.22. The summed E-state index contributed by atoms with van der Waals surface area (Å²) in [5, 5.41) is 12.4. The Labute approximate surface area is 147 Å². The third-order valence-electron chi connectivity index (χ3n) is 4.17. The fourth-order valence-electron chi connectivity index (χ4n) is 2.93. The quantitative estimate of drug-likeness (QED) is 0.538. The zero-order valence-corrected chi connectivity index (χ0v) is 13.4. The number of fused-ring (bicyclic) bond motifs is 2. The van der Waals surface area contributed by atoms with E-state index in [4.69, 9.17) is 4.74 Å². The zero-order valence-electron chi connectivity index (χ0n) is 13.4. The standard InChI is InChI=1S/C20H13F2NO3/c21-14-6-4-11(9-15(14)22)8-12-5-7-16-18(10-12)26-17-3-1-2-13(20(24)25)19(17)23-16/h1-7,9-10,23H,8H2,(H,24,25). The maximum Gasteiger partial charge on any atom is 0.337 e. The van der Waals surface area contributed by atoms with Crippen LogP contribution in [0.3, 0.4) is 0 Å². The van der Waals surface area contributed by atoms with Gasteiger partial charge in [-0.3, -0.25) is 0 Å². The van der Waals surface area contributed by atoms with Crippen LogP contribution in [-0.4, -0.2) is 11.1 Å². The Kier molecular flexibility index (Phi) is 3.80. The topological polar surface area (TPSA) is 58.6 Å². The van der Waals surface area contributed by atoms with Crippen LogP contribution >= 0.6 is 0 Å². The summed E-state index contributed by atoms with van der Waals surface area (Å²) in [5.41, 5.74) is 2.66. The molecule has 0 saturated carbocycles. The van der Waals surface area contributed by atoms with Crippen LogP contribution in [0.5, 0.6) is 11.5 Å². The summed E-state index contributed by atoms with van der Waals surface area (Å²) in [6, 6.07) is 14.0. The maximum absolute atomic E-state index is 13.4. The van der Waals surface area contributed by atoms with Crippen molar-refractivity contribution in [2.75, 3.05) is 5.32 Å². The average Bonchev–Trinajstić information content (AvgIpc) is 2.62. The van der Waals surface area contributed by atoms with E-state index in [9.17, 15) is 18.7 Å². The highest BCUT2D eigenvalue weighted by molar-refractivity contribution is 5.98. The van der Waals surface area contributed by atoms with Crippen LogP contribution in [0.1, 0.15) is 21.5 Å². The SMILES string of the molecule is O=C(O)c1cccc2c1Nc1ccc(Cc3ccc(F)c(F)c3)cc1O2. The van der Waals surface area contributed by atoms with Crippen molar-refractivity contribution in [3.8, 4) is 11.5 Å². The number of para-hydroxylation sites is 1. The number of hydrogen-bond acceptors (Lipinski definition) is 3. The van der Waals surface area contributed by atoms with Gasteiger partial charge in [-0.1, -0.05) is 18.2 Å². The van der Waals surface area contributed by atoms with Crippen molar-refractivity contribution in [3.63, 3.8) is 0 Å². The molecule has 0 amide bonds. The zero-order chi connectivity index (χ0) is 18.3. The molecule has 0 aliphatic carbocycles. The molecule has 0 fully saturated rings. The minimum atomic E-state index is -1.05. The number of ether oxygens (including phenoxy) is 1. The molecule has 0 atom stereocenters. The van der Waals surface area contributed by atoms with E-state index in [1.165, 1.54) is 18.2 Å². The van der Waals surface area contributed by atoms with E-state index >= 15 is 0 Å². The van der Waals surface area contributed by atoms with Crippen molar-refractivity contribution < 1.29 is 23.4 Å². The molecule has 1 aliphatic rings. The molecule has 26 heavy (non-hydrogen) atoms. The van der Waals surface area contributed by atoms with Gasteiger partial charge in [0.2, 0.25) is 0 Å². The Hall–Kier alpha value is -3.41. The molecular formula is C20H13F2NO3. The van der Waals surface area contributed by atoms with E-state index < -0.39 is 17.6 Å². The maximum atomic E-state index is 13.4. The van der Waals surface area contributed by atoms with Gasteiger partial charge in [0.25, 0.3) is 0 Å². The summed E-state index contributed by atoms with van der Waals surface area (Å²) < 4.78 is 32.2. The van der Waals surface area contributed by atoms with Crippen LogP contribution in [0.4, 0.5) is 20.2 Å². The van der Waals surface area contributed by atoms with E-state index in [1.54, 1.807) is 24.3 Å². The Balaban J connectivity index is 1.64. The van der Waals surface area contributed by atoms with Crippen LogP contribution in [-0.2, 0) is 6.42 Å². The molecule has 130 valence electrons. The number of hydrogen-bond donors (Lipinski definition) is 2. The fourth-order valence-corrected chi connectivity index (χ4v) is 2.93. The molecule has 0 aromatic heterocycles. The lowest BCUT2D eigenvalue weighted by Gasteiger charge is -2.23. The number of benzene rings is 3. The largest absolute Gasteiger partial charge is 0.478 e. The van der Waals surface area contributed by atoms with Crippen LogP contribution in [0.25, 0.3) is 0 Å². The molecule has 6 heteroatoms. The lowest BCUT2D eigenvalue weighted by atomic mass is 10.0. The van der Waals surface area contributed by atoms with Gasteiger partial charge in [-0.2, -0.15) is 0 Å². The van der Waals surface area contributed by atoms with Gasteiger partial charge < -0.3 is 15.2 Å². The smallest absolute Gasteiger partial charge is 0.337 e. The lowest BCUT2D eigenvalue weighted by molar-refractivity contribution is 0.0697. The highest BCUT2D eigenvalue weighted by Crippen LogP contribution is 2.44. The summed E-state index contributed by atoms with van der Waals surface area (Å²) in [5.74, 6) is -1.84. The van der Waals surface area contributed by atoms with Gasteiger partial charge in [-0.25, -0.2) is 13.6 Å². The van der Waals surface area contributed by atoms with Crippen LogP contribution in [0.15, 0.2) is 54.6 Å². The summed E-state index contributed by atoms with van der Waals surface area (Å²) in [6.45, 7) is 0. The molecular weight excluding hydrogens is 340 g/mol. The minimum Gasteiger partial charge on any atom is -0.478 e. The lowest BCUT2D eigenvalue weighted by Crippen LogP contribution is -2.09. The Morgan fingerprint density at radius 2 is 1.73 bits per heavy atom. The van der Waals surface area contributed by atoms with Gasteiger partial charge in [0.05, 0.1) is 16.9 Å². The van der Waals surface area contributed by atoms with Crippen molar-refractivity contribution in [2.45, 2.75) is 6.42 Å². The number of anilines is 2. The van der Waals surface area contributed by atoms with Crippen molar-refractivity contribution in [3.05, 3.63) is 82.9 Å². The fraction of sp³-hybridized carbons (Fsp3) is 0.0500. The number of nitrogens with one attached hydrogen (secondary N) is 1. The first-order valence-electron chi connectivity index (χ1n) is 7.89. The highest BCUT2D eigenvalue weighted by atomic mass is 19.2. The summed E-state index contributed by atoms with van der Waals surface area (Å²) >= 11 is 0. The second kappa shape index (κ2) is 6.15. The first kappa shape index (κ1) is 16.1. The van der Waals surface area contributed by atoms with Gasteiger partial charge >= 0.3 is 5.97 Å². The summed E-state index contributed by atoms with van der Waals surface area (Å²) in [6.07, 6.45) is 0.413. The molecule has 0 spiro atoms. The number of halogens is 2. The van der Waals surface area contributed by atoms with Gasteiger partial charge in [0, 0.05) is 0 Å². The van der Waals surface area contributed by atoms with Gasteiger partial charge in [0.1, 0.15) is 0 Å². The minimum absolute atomic E-state index is 0.124. The van der Waals surface area contributed by atoms with E-state index in [0.29, 0.717) is 34.9 Å². The molecule has 4 rings (SSSR count). The first-order valence-corrected chi connectivity index (χ1v) is 7.89. The number of carboxylic acid groups (broad SMARTS) is 1. The summed E-state index contributed by atoms with van der Waals surface area (Å²) in [4.78, 5) is 11.3. The van der Waals surface area contributed by atoms with Crippen LogP contribution in [0, 0.1) is 11.6 Å². The monoisotopic (exact) mass is 353 g/mol. The number of carboxylic acids is 1. The number of carbonyl (C=O) groups is 1. The van der Waals surface area contributed by atoms with E-state index in [1.807, 2.05) is 6.07 Å². The molecule has 0 saturated heterocycles. The second-order valence-electron chi connectivity index (χ2n) is 5.97. The number of rotatable bonds is 3. The van der Waals surface area contributed by atoms with Crippen molar-refractivity contribution in [1.29, 1.82) is 0 Å². The third-order valence-corrected chi connectivity index (χ3v) is 4.17. The second-order valence-corrected chi connectivity index (χ2v) is 5.97. The third kappa shape index (κ3) is 2.86. The molecule has 1 heterocycles. The van der Waals surface area contributed by atoms with Crippen molar-refractivity contribution >= 4 is 17.3 Å². The predicted octanol–water partition coefficient (Wildman–Crippen LogP) is 5.10. The Morgan fingerprint density at radius 1 is 0.962 bits per heavy atom. The van der Waals surface area contributed by atoms with E-state index in [-0.39, 0.29) is 5.56 Å². The van der Waals surface area contributed by atoms with Gasteiger partial charge in [0.15, 0.2) is 23.1 Å². The van der Waals surface area contributed by atoms with Crippen molar-refractivity contribution in [1.82, 2.24) is 0 Å². The molecule has 0 radical (unpaired) electrons. The molecule has 0 unspecified atom stereocenters. The molecule has 1 aliphatic heterocycles. The molecule has 2 N–H and O–H groups in total. The van der Waals surface area contributed by atoms with Gasteiger partial charge in [-0.15, -0.1) is 0 Å². The average molecular weight is 353 g/mol. The normalized spacial score (nSPS) is 11.8. The summed E-state index contributed by atoms with van der Waals surface area (Å²) in [7, 11) is 0. The van der Waals surface area contributed by atoms with Crippen molar-refractivity contribution in [2.24, 2.45) is 0 Å². The van der Waals surface area contributed by atoms with Crippen LogP contribution < -0.4 is 10.1 Å². The van der Waals surface area contributed by atoms with E-state index in [0.717, 1.165) is 11.6 Å². The van der Waals surface area contributed by atoms with E-state index in [2.05, 4.69) is 5.32 Å². The molecule has 4 nitrogen and oxygen atoms in total. The molecule has 0 bridgehead atoms. The predicted molar refractivity (Wildman–Crippen MR) is 92.4 cm³/mol. The first-order chi connectivity index (χ1) is 12.5. The van der Waals surface area contributed by atoms with Crippen LogP contribution in [0.2, 0.25) is 0 Å². The van der Waals surface area contributed by atoms with Gasteiger partial charge in [-0.05, 0) is 53.9 Å².